The number of urea groups is 1. The molecule has 0 radical (unpaired) electrons. The first-order chi connectivity index (χ1) is 22.1. The zero-order valence-corrected chi connectivity index (χ0v) is 26.8. The van der Waals surface area contributed by atoms with E-state index in [9.17, 15) is 19.5 Å². The first-order valence-corrected chi connectivity index (χ1v) is 15.3. The lowest BCUT2D eigenvalue weighted by molar-refractivity contribution is -0.115. The highest BCUT2D eigenvalue weighted by Gasteiger charge is 2.34. The molecule has 0 unspecified atom stereocenters. The molecule has 11 nitrogen and oxygen atoms in total. The number of hydrogen-bond donors (Lipinski definition) is 3. The van der Waals surface area contributed by atoms with Gasteiger partial charge in [-0.1, -0.05) is 25.1 Å². The fraction of sp³-hybridized carbons (Fsp3) is 0.343. The van der Waals surface area contributed by atoms with Gasteiger partial charge in [0.1, 0.15) is 17.6 Å². The molecular weight excluding hydrogens is 586 g/mol. The predicted octanol–water partition coefficient (Wildman–Crippen LogP) is 4.75. The van der Waals surface area contributed by atoms with Crippen molar-refractivity contribution in [2.24, 2.45) is 13.0 Å². The lowest BCUT2D eigenvalue weighted by Gasteiger charge is -2.38. The van der Waals surface area contributed by atoms with E-state index in [0.717, 1.165) is 16.5 Å². The third-order valence-electron chi connectivity index (χ3n) is 8.42. The number of hydrogen-bond acceptors (Lipinski definition) is 6. The van der Waals surface area contributed by atoms with Crippen molar-refractivity contribution in [1.82, 2.24) is 14.4 Å². The summed E-state index contributed by atoms with van der Waals surface area (Å²) >= 11 is 0. The van der Waals surface area contributed by atoms with E-state index in [0.29, 0.717) is 29.4 Å². The minimum atomic E-state index is -0.473. The summed E-state index contributed by atoms with van der Waals surface area (Å²) in [7, 11) is 5.21. The Morgan fingerprint density at radius 3 is 2.52 bits per heavy atom. The zero-order valence-electron chi connectivity index (χ0n) is 26.8. The highest BCUT2D eigenvalue weighted by atomic mass is 16.5. The Balaban J connectivity index is 1.35. The maximum Gasteiger partial charge on any atom is 0.321 e. The van der Waals surface area contributed by atoms with Crippen LogP contribution in [0.3, 0.4) is 0 Å². The van der Waals surface area contributed by atoms with Gasteiger partial charge in [-0.05, 0) is 61.0 Å². The summed E-state index contributed by atoms with van der Waals surface area (Å²) < 4.78 is 13.6. The fourth-order valence-electron chi connectivity index (χ4n) is 5.71. The molecule has 1 aliphatic rings. The van der Waals surface area contributed by atoms with Gasteiger partial charge in [0.15, 0.2) is 0 Å². The number of aromatic nitrogens is 1. The number of rotatable bonds is 9. The van der Waals surface area contributed by atoms with E-state index in [1.54, 1.807) is 68.4 Å². The van der Waals surface area contributed by atoms with E-state index in [1.807, 2.05) is 49.0 Å². The maximum atomic E-state index is 13.8. The number of nitrogens with one attached hydrogen (secondary N) is 2. The summed E-state index contributed by atoms with van der Waals surface area (Å²) in [6, 6.07) is 19.2. The van der Waals surface area contributed by atoms with Gasteiger partial charge in [-0.2, -0.15) is 0 Å². The third kappa shape index (κ3) is 7.10. The molecule has 0 bridgehead atoms. The van der Waals surface area contributed by atoms with E-state index >= 15 is 0 Å². The van der Waals surface area contributed by atoms with Crippen molar-refractivity contribution in [3.63, 3.8) is 0 Å². The van der Waals surface area contributed by atoms with Crippen LogP contribution in [0.15, 0.2) is 72.9 Å². The Morgan fingerprint density at radius 2 is 1.80 bits per heavy atom. The van der Waals surface area contributed by atoms with Gasteiger partial charge in [0.25, 0.3) is 5.91 Å². The highest BCUT2D eigenvalue weighted by molar-refractivity contribution is 6.01. The summed E-state index contributed by atoms with van der Waals surface area (Å²) in [5.74, 6) is 0.324. The van der Waals surface area contributed by atoms with Crippen LogP contribution in [0, 0.1) is 5.92 Å². The number of benzene rings is 3. The number of methoxy groups -OCH3 is 1. The number of aliphatic hydroxyl groups is 1. The summed E-state index contributed by atoms with van der Waals surface area (Å²) in [4.78, 5) is 43.2. The molecule has 5 rings (SSSR count). The Kier molecular flexibility index (Phi) is 9.81. The van der Waals surface area contributed by atoms with Crippen molar-refractivity contribution in [2.45, 2.75) is 32.4 Å². The van der Waals surface area contributed by atoms with Gasteiger partial charge in [0.05, 0.1) is 38.3 Å². The number of likely N-dealkylation sites (N-methyl/N-ethyl adjacent to an activating group) is 1. The second-order valence-electron chi connectivity index (χ2n) is 11.9. The quantitative estimate of drug-likeness (QED) is 0.246. The number of para-hydroxylation sites is 1. The van der Waals surface area contributed by atoms with Crippen molar-refractivity contribution < 1.29 is 29.0 Å². The molecule has 46 heavy (non-hydrogen) atoms. The molecule has 11 heteroatoms. The van der Waals surface area contributed by atoms with Crippen LogP contribution in [0.4, 0.5) is 16.2 Å². The van der Waals surface area contributed by atoms with Gasteiger partial charge in [0, 0.05) is 55.0 Å². The van der Waals surface area contributed by atoms with Crippen LogP contribution in [0.1, 0.15) is 29.8 Å². The van der Waals surface area contributed by atoms with Gasteiger partial charge >= 0.3 is 6.03 Å². The largest absolute Gasteiger partial charge is 0.497 e. The molecule has 0 fully saturated rings. The van der Waals surface area contributed by atoms with Crippen LogP contribution < -0.4 is 20.1 Å². The van der Waals surface area contributed by atoms with Crippen LogP contribution in [-0.4, -0.2) is 83.3 Å². The standard InChI is InChI=1S/C35H41N5O6/c1-22-18-40(23(2)21-41)34(43)29-17-26(36-33(42)16-24-19-38(3)30-9-7-6-8-28(24)30)12-15-31(29)46-32(22)20-39(4)35(44)37-25-10-13-27(45-5)14-11-25/h6-15,17,19,22-23,32,41H,16,18,20-21H2,1-5H3,(H,36,42)(H,37,44)/t22-,23+,32+/m0/s1. The average molecular weight is 628 g/mol. The number of aryl methyl sites for hydroxylation is 1. The van der Waals surface area contributed by atoms with Crippen LogP contribution in [0.25, 0.3) is 10.9 Å². The molecule has 0 spiro atoms. The number of fused-ring (bicyclic) bond motifs is 2. The van der Waals surface area contributed by atoms with Gasteiger partial charge < -0.3 is 39.6 Å². The van der Waals surface area contributed by atoms with E-state index < -0.39 is 12.1 Å². The van der Waals surface area contributed by atoms with Gasteiger partial charge in [-0.15, -0.1) is 0 Å². The molecule has 2 heterocycles. The molecule has 4 aromatic rings. The normalized spacial score (nSPS) is 16.9. The van der Waals surface area contributed by atoms with E-state index in [4.69, 9.17) is 9.47 Å². The van der Waals surface area contributed by atoms with Crippen LogP contribution in [0.5, 0.6) is 11.5 Å². The van der Waals surface area contributed by atoms with Crippen LogP contribution in [0.2, 0.25) is 0 Å². The number of amides is 4. The summed E-state index contributed by atoms with van der Waals surface area (Å²) in [5.41, 5.74) is 3.29. The molecule has 3 aromatic carbocycles. The minimum absolute atomic E-state index is 0.168. The molecule has 3 atom stereocenters. The Morgan fingerprint density at radius 1 is 1.09 bits per heavy atom. The van der Waals surface area contributed by atoms with E-state index in [2.05, 4.69) is 10.6 Å². The lowest BCUT2D eigenvalue weighted by Crippen LogP contribution is -2.50. The molecule has 0 aliphatic carbocycles. The van der Waals surface area contributed by atoms with Gasteiger partial charge in [-0.25, -0.2) is 4.79 Å². The molecule has 1 aromatic heterocycles. The molecule has 1 aliphatic heterocycles. The first kappa shape index (κ1) is 32.4. The Bertz CT molecular complexity index is 1720. The number of carbonyl (C=O) groups excluding carboxylic acids is 3. The van der Waals surface area contributed by atoms with Crippen molar-refractivity contribution in [1.29, 1.82) is 0 Å². The summed E-state index contributed by atoms with van der Waals surface area (Å²) in [5, 5.41) is 16.8. The zero-order chi connectivity index (χ0) is 33.0. The maximum absolute atomic E-state index is 13.8. The van der Waals surface area contributed by atoms with Crippen molar-refractivity contribution in [3.05, 3.63) is 84.1 Å². The topological polar surface area (TPSA) is 125 Å². The lowest BCUT2D eigenvalue weighted by atomic mass is 9.99. The predicted molar refractivity (Wildman–Crippen MR) is 178 cm³/mol. The average Bonchev–Trinajstić information content (AvgIpc) is 3.37. The Hall–Kier alpha value is -5.03. The minimum Gasteiger partial charge on any atom is -0.497 e. The summed E-state index contributed by atoms with van der Waals surface area (Å²) in [6.07, 6.45) is 1.64. The number of nitrogens with zero attached hydrogens (tertiary/aromatic N) is 3. The second-order valence-corrected chi connectivity index (χ2v) is 11.9. The number of ether oxygens (including phenoxy) is 2. The van der Waals surface area contributed by atoms with Crippen molar-refractivity contribution >= 4 is 40.1 Å². The number of aliphatic hydroxyl groups excluding tert-OH is 1. The van der Waals surface area contributed by atoms with E-state index in [1.165, 1.54) is 4.90 Å². The monoisotopic (exact) mass is 627 g/mol. The smallest absolute Gasteiger partial charge is 0.321 e. The van der Waals surface area contributed by atoms with Crippen molar-refractivity contribution in [3.8, 4) is 11.5 Å². The summed E-state index contributed by atoms with van der Waals surface area (Å²) in [6.45, 7) is 4.06. The molecule has 0 saturated heterocycles. The van der Waals surface area contributed by atoms with Gasteiger partial charge in [0.2, 0.25) is 5.91 Å². The molecule has 0 saturated carbocycles. The van der Waals surface area contributed by atoms with Crippen LogP contribution in [-0.2, 0) is 18.3 Å². The fourth-order valence-corrected chi connectivity index (χ4v) is 5.71. The van der Waals surface area contributed by atoms with Crippen LogP contribution >= 0.6 is 0 Å². The molecule has 3 N–H and O–H groups in total. The second kappa shape index (κ2) is 13.9. The molecule has 4 amide bonds. The van der Waals surface area contributed by atoms with Gasteiger partial charge in [-0.3, -0.25) is 9.59 Å². The number of carbonyl (C=O) groups is 3. The van der Waals surface area contributed by atoms with E-state index in [-0.39, 0.29) is 48.9 Å². The molecular formula is C35H41N5O6. The third-order valence-corrected chi connectivity index (χ3v) is 8.42. The number of anilines is 2. The SMILES string of the molecule is COc1ccc(NC(=O)N(C)C[C@H]2Oc3ccc(NC(=O)Cc4cn(C)c5ccccc45)cc3C(=O)N([C@H](C)CO)C[C@@H]2C)cc1. The Labute approximate surface area is 268 Å². The highest BCUT2D eigenvalue weighted by Crippen LogP contribution is 2.31. The van der Waals surface area contributed by atoms with Crippen molar-refractivity contribution in [2.75, 3.05) is 44.5 Å². The molecule has 242 valence electrons. The first-order valence-electron chi connectivity index (χ1n) is 15.3.